The van der Waals surface area contributed by atoms with E-state index in [2.05, 4.69) is 5.32 Å². The third-order valence-corrected chi connectivity index (χ3v) is 6.87. The molecule has 0 aromatic rings. The molecule has 1 atom stereocenters. The average molecular weight is 349 g/mol. The lowest BCUT2D eigenvalue weighted by atomic mass is 10.0. The third kappa shape index (κ3) is 6.10. The average Bonchev–Trinajstić information content (AvgIpc) is 2.46. The van der Waals surface area contributed by atoms with Crippen molar-refractivity contribution in [1.82, 2.24) is 5.32 Å². The number of sulfone groups is 1. The molecule has 23 heavy (non-hydrogen) atoms. The SMILES string of the molecule is CC(C)C(C(=O)NCCOCC(=O)O)S(=O)(=O)C1CCCCC1. The molecule has 1 saturated carbocycles. The highest BCUT2D eigenvalue weighted by atomic mass is 32.2. The minimum absolute atomic E-state index is 0.0341. The number of carbonyl (C=O) groups excluding carboxylic acids is 1. The number of carboxylic acids is 1. The van der Waals surface area contributed by atoms with Crippen molar-refractivity contribution >= 4 is 21.7 Å². The normalized spacial score (nSPS) is 17.9. The summed E-state index contributed by atoms with van der Waals surface area (Å²) in [6.45, 7) is 3.14. The van der Waals surface area contributed by atoms with Crippen molar-refractivity contribution in [3.8, 4) is 0 Å². The number of hydrogen-bond acceptors (Lipinski definition) is 5. The number of hydrogen-bond donors (Lipinski definition) is 2. The Labute approximate surface area is 137 Å². The first kappa shape index (κ1) is 19.9. The Morgan fingerprint density at radius 3 is 2.35 bits per heavy atom. The smallest absolute Gasteiger partial charge is 0.329 e. The minimum atomic E-state index is -3.53. The Hall–Kier alpha value is -1.15. The van der Waals surface area contributed by atoms with Crippen molar-refractivity contribution in [3.05, 3.63) is 0 Å². The zero-order chi connectivity index (χ0) is 17.5. The Morgan fingerprint density at radius 2 is 1.83 bits per heavy atom. The molecule has 1 aliphatic rings. The molecule has 0 aliphatic heterocycles. The molecule has 1 aliphatic carbocycles. The predicted octanol–water partition coefficient (Wildman–Crippen LogP) is 0.976. The van der Waals surface area contributed by atoms with Crippen LogP contribution in [0.2, 0.25) is 0 Å². The molecular weight excluding hydrogens is 322 g/mol. The van der Waals surface area contributed by atoms with Crippen molar-refractivity contribution in [2.75, 3.05) is 19.8 Å². The molecule has 0 heterocycles. The van der Waals surface area contributed by atoms with Gasteiger partial charge >= 0.3 is 5.97 Å². The third-order valence-electron chi connectivity index (χ3n) is 4.01. The quantitative estimate of drug-likeness (QED) is 0.600. The lowest BCUT2D eigenvalue weighted by Crippen LogP contribution is -2.47. The van der Waals surface area contributed by atoms with Gasteiger partial charge in [-0.2, -0.15) is 0 Å². The van der Waals surface area contributed by atoms with E-state index in [9.17, 15) is 18.0 Å². The van der Waals surface area contributed by atoms with Crippen molar-refractivity contribution in [2.45, 2.75) is 56.5 Å². The van der Waals surface area contributed by atoms with Crippen LogP contribution in [0, 0.1) is 5.92 Å². The molecule has 1 amide bonds. The molecular formula is C15H27NO6S. The van der Waals surface area contributed by atoms with Gasteiger partial charge in [-0.1, -0.05) is 33.1 Å². The fraction of sp³-hybridized carbons (Fsp3) is 0.867. The first-order valence-corrected chi connectivity index (χ1v) is 9.67. The van der Waals surface area contributed by atoms with Crippen molar-refractivity contribution in [3.63, 3.8) is 0 Å². The zero-order valence-electron chi connectivity index (χ0n) is 13.8. The van der Waals surface area contributed by atoms with Gasteiger partial charge in [-0.25, -0.2) is 13.2 Å². The fourth-order valence-electron chi connectivity index (χ4n) is 2.94. The van der Waals surface area contributed by atoms with Gasteiger partial charge in [0.15, 0.2) is 9.84 Å². The molecule has 1 fully saturated rings. The van der Waals surface area contributed by atoms with E-state index in [-0.39, 0.29) is 19.1 Å². The van der Waals surface area contributed by atoms with Gasteiger partial charge in [0, 0.05) is 6.54 Å². The first-order valence-electron chi connectivity index (χ1n) is 8.06. The number of rotatable bonds is 9. The first-order chi connectivity index (χ1) is 10.8. The van der Waals surface area contributed by atoms with E-state index in [0.29, 0.717) is 12.8 Å². The van der Waals surface area contributed by atoms with E-state index in [4.69, 9.17) is 9.84 Å². The Morgan fingerprint density at radius 1 is 1.22 bits per heavy atom. The summed E-state index contributed by atoms with van der Waals surface area (Å²) in [4.78, 5) is 22.6. The van der Waals surface area contributed by atoms with Crippen LogP contribution < -0.4 is 5.32 Å². The van der Waals surface area contributed by atoms with Crippen LogP contribution in [0.3, 0.4) is 0 Å². The zero-order valence-corrected chi connectivity index (χ0v) is 14.6. The highest BCUT2D eigenvalue weighted by molar-refractivity contribution is 7.93. The van der Waals surface area contributed by atoms with Crippen LogP contribution in [-0.2, 0) is 24.2 Å². The molecule has 0 bridgehead atoms. The molecule has 7 nitrogen and oxygen atoms in total. The minimum Gasteiger partial charge on any atom is -0.480 e. The van der Waals surface area contributed by atoms with Gasteiger partial charge in [-0.15, -0.1) is 0 Å². The summed E-state index contributed by atoms with van der Waals surface area (Å²) in [5.74, 6) is -1.93. The van der Waals surface area contributed by atoms with Gasteiger partial charge in [0.05, 0.1) is 11.9 Å². The number of nitrogens with one attached hydrogen (secondary N) is 1. The highest BCUT2D eigenvalue weighted by Gasteiger charge is 2.40. The van der Waals surface area contributed by atoms with Crippen LogP contribution in [0.5, 0.6) is 0 Å². The maximum absolute atomic E-state index is 12.8. The number of carboxylic acid groups (broad SMARTS) is 1. The van der Waals surface area contributed by atoms with Crippen LogP contribution >= 0.6 is 0 Å². The molecule has 1 rings (SSSR count). The summed E-state index contributed by atoms with van der Waals surface area (Å²) in [6, 6.07) is 0. The van der Waals surface area contributed by atoms with E-state index >= 15 is 0 Å². The van der Waals surface area contributed by atoms with E-state index in [0.717, 1.165) is 19.3 Å². The number of aliphatic carboxylic acids is 1. The number of ether oxygens (including phenoxy) is 1. The second-order valence-electron chi connectivity index (χ2n) is 6.25. The molecule has 2 N–H and O–H groups in total. The van der Waals surface area contributed by atoms with Crippen molar-refractivity contribution < 1.29 is 27.9 Å². The second-order valence-corrected chi connectivity index (χ2v) is 8.60. The summed E-state index contributed by atoms with van der Waals surface area (Å²) in [5, 5.41) is 9.49. The number of amides is 1. The van der Waals surface area contributed by atoms with E-state index in [1.54, 1.807) is 13.8 Å². The van der Waals surface area contributed by atoms with Gasteiger partial charge in [0.1, 0.15) is 11.9 Å². The largest absolute Gasteiger partial charge is 0.480 e. The molecule has 134 valence electrons. The van der Waals surface area contributed by atoms with Gasteiger partial charge in [0.25, 0.3) is 0 Å². The van der Waals surface area contributed by atoms with E-state index < -0.39 is 38.8 Å². The van der Waals surface area contributed by atoms with Gasteiger partial charge in [0.2, 0.25) is 5.91 Å². The summed E-state index contributed by atoms with van der Waals surface area (Å²) in [5.41, 5.74) is 0. The molecule has 8 heteroatoms. The summed E-state index contributed by atoms with van der Waals surface area (Å²) < 4.78 is 30.4. The standard InChI is InChI=1S/C15H27NO6S/c1-11(2)14(15(19)16-8-9-22-10-13(17)18)23(20,21)12-6-4-3-5-7-12/h11-12,14H,3-10H2,1-2H3,(H,16,19)(H,17,18). The lowest BCUT2D eigenvalue weighted by molar-refractivity contribution is -0.142. The van der Waals surface area contributed by atoms with Gasteiger partial charge in [-0.3, -0.25) is 4.79 Å². The maximum atomic E-state index is 12.8. The van der Waals surface area contributed by atoms with Gasteiger partial charge < -0.3 is 15.2 Å². The van der Waals surface area contributed by atoms with Crippen molar-refractivity contribution in [1.29, 1.82) is 0 Å². The second kappa shape index (κ2) is 9.22. The molecule has 0 radical (unpaired) electrons. The Balaban J connectivity index is 2.62. The summed E-state index contributed by atoms with van der Waals surface area (Å²) >= 11 is 0. The Bertz CT molecular complexity index is 496. The molecule has 0 aromatic carbocycles. The van der Waals surface area contributed by atoms with Crippen LogP contribution in [0.4, 0.5) is 0 Å². The molecule has 0 aromatic heterocycles. The monoisotopic (exact) mass is 349 g/mol. The van der Waals surface area contributed by atoms with E-state index in [1.807, 2.05) is 0 Å². The maximum Gasteiger partial charge on any atom is 0.329 e. The van der Waals surface area contributed by atoms with Gasteiger partial charge in [-0.05, 0) is 18.8 Å². The summed E-state index contributed by atoms with van der Waals surface area (Å²) in [6.07, 6.45) is 4.07. The van der Waals surface area contributed by atoms with Crippen LogP contribution in [0.1, 0.15) is 46.0 Å². The number of carbonyl (C=O) groups is 2. The molecule has 1 unspecified atom stereocenters. The Kier molecular flexibility index (Phi) is 7.98. The van der Waals surface area contributed by atoms with Crippen LogP contribution in [0.15, 0.2) is 0 Å². The van der Waals surface area contributed by atoms with Crippen molar-refractivity contribution in [2.24, 2.45) is 5.92 Å². The lowest BCUT2D eigenvalue weighted by Gasteiger charge is -2.28. The fourth-order valence-corrected chi connectivity index (χ4v) is 5.48. The van der Waals surface area contributed by atoms with E-state index in [1.165, 1.54) is 0 Å². The summed E-state index contributed by atoms with van der Waals surface area (Å²) in [7, 11) is -3.53. The highest BCUT2D eigenvalue weighted by Crippen LogP contribution is 2.28. The predicted molar refractivity (Wildman–Crippen MR) is 85.9 cm³/mol. The topological polar surface area (TPSA) is 110 Å². The molecule has 0 saturated heterocycles. The van der Waals surface area contributed by atoms with Crippen LogP contribution in [-0.4, -0.2) is 55.7 Å². The molecule has 0 spiro atoms. The van der Waals surface area contributed by atoms with Crippen LogP contribution in [0.25, 0.3) is 0 Å².